The summed E-state index contributed by atoms with van der Waals surface area (Å²) in [4.78, 5) is 12.6. The van der Waals surface area contributed by atoms with Crippen molar-refractivity contribution >= 4 is 44.0 Å². The first kappa shape index (κ1) is 20.8. The van der Waals surface area contributed by atoms with Crippen molar-refractivity contribution in [1.82, 2.24) is 4.72 Å². The molecule has 0 bridgehead atoms. The lowest BCUT2D eigenvalue weighted by atomic mass is 10.1. The van der Waals surface area contributed by atoms with Crippen LogP contribution in [0.5, 0.6) is 0 Å². The van der Waals surface area contributed by atoms with Crippen LogP contribution in [0.2, 0.25) is 5.02 Å². The minimum atomic E-state index is -3.88. The molecular formula is C22H21ClN2O4S. The van der Waals surface area contributed by atoms with Crippen LogP contribution in [-0.4, -0.2) is 33.6 Å². The van der Waals surface area contributed by atoms with Crippen LogP contribution in [0.1, 0.15) is 23.2 Å². The third-order valence-electron chi connectivity index (χ3n) is 5.02. The number of ether oxygens (including phenoxy) is 1. The van der Waals surface area contributed by atoms with E-state index in [4.69, 9.17) is 16.3 Å². The maximum absolute atomic E-state index is 12.7. The van der Waals surface area contributed by atoms with Crippen molar-refractivity contribution in [2.24, 2.45) is 0 Å². The average Bonchev–Trinajstić information content (AvgIpc) is 3.26. The van der Waals surface area contributed by atoms with Crippen LogP contribution in [0.4, 0.5) is 5.69 Å². The molecule has 1 fully saturated rings. The molecule has 1 aliphatic heterocycles. The number of carbonyl (C=O) groups is 1. The second-order valence-corrected chi connectivity index (χ2v) is 9.29. The van der Waals surface area contributed by atoms with Crippen LogP contribution in [0.25, 0.3) is 10.8 Å². The number of nitrogens with one attached hydrogen (secondary N) is 2. The van der Waals surface area contributed by atoms with Crippen molar-refractivity contribution in [3.05, 3.63) is 71.2 Å². The van der Waals surface area contributed by atoms with Crippen LogP contribution in [0.15, 0.2) is 65.6 Å². The number of hydrogen-bond acceptors (Lipinski definition) is 4. The largest absolute Gasteiger partial charge is 0.377 e. The second-order valence-electron chi connectivity index (χ2n) is 7.15. The number of carbonyl (C=O) groups excluding carboxylic acids is 1. The van der Waals surface area contributed by atoms with Gasteiger partial charge in [0.25, 0.3) is 5.91 Å². The Bertz CT molecular complexity index is 1190. The molecule has 0 unspecified atom stereocenters. The third-order valence-corrected chi connectivity index (χ3v) is 6.92. The van der Waals surface area contributed by atoms with Crippen molar-refractivity contribution in [3.8, 4) is 0 Å². The fourth-order valence-corrected chi connectivity index (χ4v) is 5.00. The van der Waals surface area contributed by atoms with Gasteiger partial charge in [-0.2, -0.15) is 0 Å². The van der Waals surface area contributed by atoms with Crippen molar-refractivity contribution in [2.75, 3.05) is 18.5 Å². The van der Waals surface area contributed by atoms with Gasteiger partial charge in [-0.05, 0) is 53.9 Å². The minimum absolute atomic E-state index is 0.0529. The molecule has 8 heteroatoms. The van der Waals surface area contributed by atoms with Gasteiger partial charge in [0.2, 0.25) is 10.0 Å². The standard InChI is InChI=1S/C22H21ClN2O4S/c23-20-10-8-17(13-21(20)30(27,28)24-14-19-6-3-11-29-19)22(26)25-18-9-7-15-4-1-2-5-16(15)12-18/h1-2,4-5,7-10,12-13,19,24H,3,6,11,14H2,(H,25,26)/t19-/m0/s1. The Morgan fingerprint density at radius 2 is 1.87 bits per heavy atom. The van der Waals surface area contributed by atoms with Gasteiger partial charge in [0.05, 0.1) is 11.1 Å². The van der Waals surface area contributed by atoms with Crippen LogP contribution < -0.4 is 10.0 Å². The van der Waals surface area contributed by atoms with E-state index >= 15 is 0 Å². The number of halogens is 1. The zero-order valence-electron chi connectivity index (χ0n) is 16.1. The van der Waals surface area contributed by atoms with Crippen LogP contribution in [-0.2, 0) is 14.8 Å². The summed E-state index contributed by atoms with van der Waals surface area (Å²) in [5.41, 5.74) is 0.819. The molecule has 4 rings (SSSR count). The Labute approximate surface area is 180 Å². The Hall–Kier alpha value is -2.45. The highest BCUT2D eigenvalue weighted by Gasteiger charge is 2.23. The summed E-state index contributed by atoms with van der Waals surface area (Å²) in [5, 5.41) is 4.92. The molecule has 156 valence electrons. The van der Waals surface area contributed by atoms with E-state index in [1.165, 1.54) is 18.2 Å². The average molecular weight is 445 g/mol. The van der Waals surface area contributed by atoms with Gasteiger partial charge in [0, 0.05) is 24.4 Å². The van der Waals surface area contributed by atoms with Crippen LogP contribution >= 0.6 is 11.6 Å². The fourth-order valence-electron chi connectivity index (χ4n) is 3.41. The summed E-state index contributed by atoms with van der Waals surface area (Å²) < 4.78 is 33.4. The summed E-state index contributed by atoms with van der Waals surface area (Å²) >= 11 is 6.12. The maximum Gasteiger partial charge on any atom is 0.255 e. The van der Waals surface area contributed by atoms with Crippen LogP contribution in [0.3, 0.4) is 0 Å². The van der Waals surface area contributed by atoms with E-state index in [0.29, 0.717) is 12.3 Å². The molecule has 1 atom stereocenters. The predicted molar refractivity (Wildman–Crippen MR) is 118 cm³/mol. The van der Waals surface area contributed by atoms with Crippen molar-refractivity contribution in [1.29, 1.82) is 0 Å². The highest BCUT2D eigenvalue weighted by Crippen LogP contribution is 2.24. The van der Waals surface area contributed by atoms with Gasteiger partial charge in [-0.1, -0.05) is 41.9 Å². The number of hydrogen-bond donors (Lipinski definition) is 2. The van der Waals surface area contributed by atoms with Crippen molar-refractivity contribution in [3.63, 3.8) is 0 Å². The summed E-state index contributed by atoms with van der Waals surface area (Å²) in [6, 6.07) is 17.6. The number of anilines is 1. The van der Waals surface area contributed by atoms with E-state index in [1.807, 2.05) is 36.4 Å². The normalized spacial score (nSPS) is 16.6. The van der Waals surface area contributed by atoms with Gasteiger partial charge in [-0.15, -0.1) is 0 Å². The van der Waals surface area contributed by atoms with Crippen molar-refractivity contribution in [2.45, 2.75) is 23.8 Å². The molecule has 1 heterocycles. The highest BCUT2D eigenvalue weighted by atomic mass is 35.5. The number of benzene rings is 3. The van der Waals surface area contributed by atoms with E-state index in [-0.39, 0.29) is 28.1 Å². The lowest BCUT2D eigenvalue weighted by Gasteiger charge is -2.13. The summed E-state index contributed by atoms with van der Waals surface area (Å²) in [6.07, 6.45) is 1.58. The molecule has 1 aliphatic rings. The summed E-state index contributed by atoms with van der Waals surface area (Å²) in [6.45, 7) is 0.809. The Morgan fingerprint density at radius 3 is 2.63 bits per heavy atom. The molecule has 0 aromatic heterocycles. The first-order chi connectivity index (χ1) is 14.4. The smallest absolute Gasteiger partial charge is 0.255 e. The second kappa shape index (κ2) is 8.73. The van der Waals surface area contributed by atoms with Crippen LogP contribution in [0, 0.1) is 0 Å². The molecule has 2 N–H and O–H groups in total. The van der Waals surface area contributed by atoms with E-state index in [9.17, 15) is 13.2 Å². The fraction of sp³-hybridized carbons (Fsp3) is 0.227. The lowest BCUT2D eigenvalue weighted by Crippen LogP contribution is -2.32. The minimum Gasteiger partial charge on any atom is -0.377 e. The molecule has 3 aromatic rings. The number of rotatable bonds is 6. The topological polar surface area (TPSA) is 84.5 Å². The number of fused-ring (bicyclic) bond motifs is 1. The first-order valence-electron chi connectivity index (χ1n) is 9.63. The molecule has 0 radical (unpaired) electrons. The Balaban J connectivity index is 1.53. The van der Waals surface area contributed by atoms with Gasteiger partial charge in [-0.25, -0.2) is 13.1 Å². The van der Waals surface area contributed by atoms with Gasteiger partial charge < -0.3 is 10.1 Å². The van der Waals surface area contributed by atoms with E-state index in [1.54, 1.807) is 6.07 Å². The number of amides is 1. The zero-order chi connectivity index (χ0) is 21.1. The molecule has 6 nitrogen and oxygen atoms in total. The first-order valence-corrected chi connectivity index (χ1v) is 11.5. The van der Waals surface area contributed by atoms with E-state index in [2.05, 4.69) is 10.0 Å². The molecule has 1 saturated heterocycles. The lowest BCUT2D eigenvalue weighted by molar-refractivity contribution is 0.102. The monoisotopic (exact) mass is 444 g/mol. The van der Waals surface area contributed by atoms with Crippen molar-refractivity contribution < 1.29 is 17.9 Å². The number of sulfonamides is 1. The SMILES string of the molecule is O=C(Nc1ccc2ccccc2c1)c1ccc(Cl)c(S(=O)(=O)NC[C@@H]2CCCO2)c1. The van der Waals surface area contributed by atoms with Gasteiger partial charge in [-0.3, -0.25) is 4.79 Å². The molecule has 3 aromatic carbocycles. The molecule has 1 amide bonds. The molecular weight excluding hydrogens is 424 g/mol. The summed E-state index contributed by atoms with van der Waals surface area (Å²) in [7, 11) is -3.88. The van der Waals surface area contributed by atoms with Gasteiger partial charge in [0.1, 0.15) is 4.90 Å². The quantitative estimate of drug-likeness (QED) is 0.596. The predicted octanol–water partition coefficient (Wildman–Crippen LogP) is 4.20. The van der Waals surface area contributed by atoms with E-state index < -0.39 is 15.9 Å². The summed E-state index contributed by atoms with van der Waals surface area (Å²) in [5.74, 6) is -0.419. The third kappa shape index (κ3) is 4.65. The molecule has 0 aliphatic carbocycles. The molecule has 30 heavy (non-hydrogen) atoms. The van der Waals surface area contributed by atoms with E-state index in [0.717, 1.165) is 23.6 Å². The zero-order valence-corrected chi connectivity index (χ0v) is 17.7. The molecule has 0 saturated carbocycles. The highest BCUT2D eigenvalue weighted by molar-refractivity contribution is 7.89. The Morgan fingerprint density at radius 1 is 1.07 bits per heavy atom. The van der Waals surface area contributed by atoms with Gasteiger partial charge >= 0.3 is 0 Å². The van der Waals surface area contributed by atoms with Gasteiger partial charge in [0.15, 0.2) is 0 Å². The maximum atomic E-state index is 12.7. The molecule has 0 spiro atoms. The Kier molecular flexibility index (Phi) is 6.06.